The Balaban J connectivity index is 1.46. The highest BCUT2D eigenvalue weighted by Crippen LogP contribution is 2.31. The van der Waals surface area contributed by atoms with Crippen LogP contribution in [0.1, 0.15) is 47.6 Å². The van der Waals surface area contributed by atoms with Crippen LogP contribution in [0.3, 0.4) is 0 Å². The lowest BCUT2D eigenvalue weighted by Gasteiger charge is -2.31. The number of hydrogen-bond donors (Lipinski definition) is 2. The van der Waals surface area contributed by atoms with Gasteiger partial charge in [-0.25, -0.2) is 0 Å². The summed E-state index contributed by atoms with van der Waals surface area (Å²) in [5.74, 6) is -1.21. The van der Waals surface area contributed by atoms with Crippen LogP contribution < -0.4 is 15.5 Å². The second-order valence-corrected chi connectivity index (χ2v) is 9.15. The zero-order chi connectivity index (χ0) is 22.7. The van der Waals surface area contributed by atoms with Gasteiger partial charge < -0.3 is 15.5 Å². The SMILES string of the molecule is Cc1ccc(C)c(NC(=O)C(=O)NC[C@@H](c2ccc3c(c2)CCCN3C)N2CCCC2)c1. The second kappa shape index (κ2) is 9.74. The van der Waals surface area contributed by atoms with Gasteiger partial charge in [0.05, 0.1) is 6.04 Å². The van der Waals surface area contributed by atoms with Crippen LogP contribution in [0.4, 0.5) is 11.4 Å². The number of benzene rings is 2. The molecule has 170 valence electrons. The largest absolute Gasteiger partial charge is 0.374 e. The molecule has 1 saturated heterocycles. The summed E-state index contributed by atoms with van der Waals surface area (Å²) in [6, 6.07) is 12.6. The van der Waals surface area contributed by atoms with Gasteiger partial charge in [-0.3, -0.25) is 14.5 Å². The molecule has 0 bridgehead atoms. The predicted octanol–water partition coefficient (Wildman–Crippen LogP) is 3.58. The summed E-state index contributed by atoms with van der Waals surface area (Å²) >= 11 is 0. The molecule has 2 aromatic carbocycles. The van der Waals surface area contributed by atoms with Gasteiger partial charge in [-0.05, 0) is 87.0 Å². The number of fused-ring (bicyclic) bond motifs is 1. The third-order valence-corrected chi connectivity index (χ3v) is 6.72. The lowest BCUT2D eigenvalue weighted by atomic mass is 9.96. The summed E-state index contributed by atoms with van der Waals surface area (Å²) in [6.45, 7) is 7.44. The van der Waals surface area contributed by atoms with Gasteiger partial charge in [0.2, 0.25) is 0 Å². The number of amides is 2. The maximum Gasteiger partial charge on any atom is 0.313 e. The van der Waals surface area contributed by atoms with Gasteiger partial charge in [0.15, 0.2) is 0 Å². The van der Waals surface area contributed by atoms with Gasteiger partial charge in [0.1, 0.15) is 0 Å². The van der Waals surface area contributed by atoms with Crippen molar-refractivity contribution in [1.29, 1.82) is 0 Å². The molecule has 2 amide bonds. The van der Waals surface area contributed by atoms with Crippen molar-refractivity contribution in [3.63, 3.8) is 0 Å². The molecule has 6 nitrogen and oxygen atoms in total. The van der Waals surface area contributed by atoms with E-state index in [1.807, 2.05) is 32.0 Å². The van der Waals surface area contributed by atoms with Crippen molar-refractivity contribution < 1.29 is 9.59 Å². The molecule has 2 N–H and O–H groups in total. The van der Waals surface area contributed by atoms with Crippen LogP contribution >= 0.6 is 0 Å². The Morgan fingerprint density at radius 2 is 1.75 bits per heavy atom. The summed E-state index contributed by atoms with van der Waals surface area (Å²) in [5.41, 5.74) is 6.55. The molecule has 0 aromatic heterocycles. The molecule has 6 heteroatoms. The molecule has 0 unspecified atom stereocenters. The highest BCUT2D eigenvalue weighted by atomic mass is 16.2. The minimum absolute atomic E-state index is 0.0764. The van der Waals surface area contributed by atoms with E-state index in [9.17, 15) is 9.59 Å². The van der Waals surface area contributed by atoms with Crippen LogP contribution in [0.15, 0.2) is 36.4 Å². The molecule has 0 saturated carbocycles. The van der Waals surface area contributed by atoms with E-state index in [0.29, 0.717) is 12.2 Å². The van der Waals surface area contributed by atoms with E-state index in [2.05, 4.69) is 45.7 Å². The number of likely N-dealkylation sites (tertiary alicyclic amines) is 1. The minimum Gasteiger partial charge on any atom is -0.374 e. The molecule has 0 spiro atoms. The fourth-order valence-electron chi connectivity index (χ4n) is 4.84. The average molecular weight is 435 g/mol. The summed E-state index contributed by atoms with van der Waals surface area (Å²) in [5, 5.41) is 5.66. The first-order valence-electron chi connectivity index (χ1n) is 11.7. The normalized spacial score (nSPS) is 17.0. The van der Waals surface area contributed by atoms with Crippen LogP contribution in [0.5, 0.6) is 0 Å². The first-order chi connectivity index (χ1) is 15.4. The Morgan fingerprint density at radius 1 is 0.969 bits per heavy atom. The number of anilines is 2. The Bertz CT molecular complexity index is 997. The smallest absolute Gasteiger partial charge is 0.313 e. The van der Waals surface area contributed by atoms with Gasteiger partial charge in [0.25, 0.3) is 0 Å². The number of nitrogens with one attached hydrogen (secondary N) is 2. The van der Waals surface area contributed by atoms with Crippen molar-refractivity contribution in [2.24, 2.45) is 0 Å². The fourth-order valence-corrected chi connectivity index (χ4v) is 4.84. The molecule has 32 heavy (non-hydrogen) atoms. The minimum atomic E-state index is -0.620. The van der Waals surface area contributed by atoms with E-state index >= 15 is 0 Å². The van der Waals surface area contributed by atoms with Gasteiger partial charge in [-0.2, -0.15) is 0 Å². The highest BCUT2D eigenvalue weighted by Gasteiger charge is 2.26. The van der Waals surface area contributed by atoms with E-state index in [4.69, 9.17) is 0 Å². The number of nitrogens with zero attached hydrogens (tertiary/aromatic N) is 2. The van der Waals surface area contributed by atoms with E-state index in [1.54, 1.807) is 0 Å². The number of carbonyl (C=O) groups excluding carboxylic acids is 2. The molecule has 0 aliphatic carbocycles. The topological polar surface area (TPSA) is 64.7 Å². The molecule has 2 aliphatic rings. The monoisotopic (exact) mass is 434 g/mol. The molecule has 2 aliphatic heterocycles. The Morgan fingerprint density at radius 3 is 2.53 bits per heavy atom. The number of aryl methyl sites for hydroxylation is 3. The maximum atomic E-state index is 12.6. The first kappa shape index (κ1) is 22.3. The summed E-state index contributed by atoms with van der Waals surface area (Å²) in [6.07, 6.45) is 4.60. The number of hydrogen-bond acceptors (Lipinski definition) is 4. The maximum absolute atomic E-state index is 12.6. The van der Waals surface area contributed by atoms with Crippen LogP contribution in [0.2, 0.25) is 0 Å². The Labute approximate surface area is 191 Å². The van der Waals surface area contributed by atoms with Crippen molar-refractivity contribution >= 4 is 23.2 Å². The van der Waals surface area contributed by atoms with Gasteiger partial charge in [-0.15, -0.1) is 0 Å². The van der Waals surface area contributed by atoms with Crippen LogP contribution in [0.25, 0.3) is 0 Å². The van der Waals surface area contributed by atoms with Crippen molar-refractivity contribution in [3.05, 3.63) is 58.7 Å². The average Bonchev–Trinajstić information content (AvgIpc) is 3.31. The lowest BCUT2D eigenvalue weighted by Crippen LogP contribution is -2.41. The third kappa shape index (κ3) is 4.96. The lowest BCUT2D eigenvalue weighted by molar-refractivity contribution is -0.136. The van der Waals surface area contributed by atoms with Gasteiger partial charge in [-0.1, -0.05) is 24.3 Å². The number of rotatable bonds is 5. The van der Waals surface area contributed by atoms with Crippen molar-refractivity contribution in [1.82, 2.24) is 10.2 Å². The molecule has 0 radical (unpaired) electrons. The molecule has 1 atom stereocenters. The molecule has 2 aromatic rings. The summed E-state index contributed by atoms with van der Waals surface area (Å²) < 4.78 is 0. The van der Waals surface area contributed by atoms with E-state index in [-0.39, 0.29) is 6.04 Å². The second-order valence-electron chi connectivity index (χ2n) is 9.15. The van der Waals surface area contributed by atoms with Crippen molar-refractivity contribution in [3.8, 4) is 0 Å². The fraction of sp³-hybridized carbons (Fsp3) is 0.462. The quantitative estimate of drug-likeness (QED) is 0.706. The molecule has 4 rings (SSSR count). The Hall–Kier alpha value is -2.86. The van der Waals surface area contributed by atoms with Crippen LogP contribution in [-0.2, 0) is 16.0 Å². The summed E-state index contributed by atoms with van der Waals surface area (Å²) in [7, 11) is 2.14. The molecule has 2 heterocycles. The van der Waals surface area contributed by atoms with E-state index in [0.717, 1.165) is 43.6 Å². The molecular weight excluding hydrogens is 400 g/mol. The zero-order valence-corrected chi connectivity index (χ0v) is 19.4. The van der Waals surface area contributed by atoms with Gasteiger partial charge in [0, 0.05) is 31.5 Å². The van der Waals surface area contributed by atoms with Crippen molar-refractivity contribution in [2.75, 3.05) is 43.4 Å². The highest BCUT2D eigenvalue weighted by molar-refractivity contribution is 6.39. The predicted molar refractivity (Wildman–Crippen MR) is 129 cm³/mol. The number of carbonyl (C=O) groups is 2. The molecule has 1 fully saturated rings. The van der Waals surface area contributed by atoms with E-state index in [1.165, 1.54) is 29.7 Å². The zero-order valence-electron chi connectivity index (χ0n) is 19.4. The van der Waals surface area contributed by atoms with Gasteiger partial charge >= 0.3 is 11.8 Å². The van der Waals surface area contributed by atoms with E-state index < -0.39 is 11.8 Å². The third-order valence-electron chi connectivity index (χ3n) is 6.72. The van der Waals surface area contributed by atoms with Crippen LogP contribution in [0, 0.1) is 13.8 Å². The first-order valence-corrected chi connectivity index (χ1v) is 11.7. The standard InChI is InChI=1S/C26H34N4O2/c1-18-8-9-19(2)22(15-18)28-26(32)25(31)27-17-24(30-13-4-5-14-30)21-10-11-23-20(16-21)7-6-12-29(23)3/h8-11,15-16,24H,4-7,12-14,17H2,1-3H3,(H,27,31)(H,28,32)/t24-/m0/s1. The summed E-state index contributed by atoms with van der Waals surface area (Å²) in [4.78, 5) is 29.9. The Kier molecular flexibility index (Phi) is 6.80. The molecular formula is C26H34N4O2. The van der Waals surface area contributed by atoms with Crippen LogP contribution in [-0.4, -0.2) is 49.9 Å². The van der Waals surface area contributed by atoms with Crippen molar-refractivity contribution in [2.45, 2.75) is 45.6 Å².